The second-order valence-electron chi connectivity index (χ2n) is 14.2. The largest absolute Gasteiger partial charge is 2.00 e. The molecular weight excluding hydrogens is 792 g/mol. The third kappa shape index (κ3) is 14.5. The monoisotopic (exact) mass is 849 g/mol. The maximum absolute atomic E-state index is 9.19. The SMILES string of the molecule is CC(C)Oc1cccc(OC(C)C)c1-c1ccccc1P(C1CCCCC1)C1CCCCC1.CS(=O)(=O)O.C[N-]c1ccccc1-c1[c-]cccc1.[Pd+2]. The summed E-state index contributed by atoms with van der Waals surface area (Å²) in [7, 11) is -2.07. The van der Waals surface area contributed by atoms with Gasteiger partial charge >= 0.3 is 20.4 Å². The van der Waals surface area contributed by atoms with E-state index in [9.17, 15) is 8.42 Å². The number of benzene rings is 4. The van der Waals surface area contributed by atoms with Crippen molar-refractivity contribution in [2.75, 3.05) is 13.3 Å². The van der Waals surface area contributed by atoms with Crippen LogP contribution in [0.3, 0.4) is 0 Å². The average Bonchev–Trinajstić information content (AvgIpc) is 3.13. The van der Waals surface area contributed by atoms with Crippen molar-refractivity contribution >= 4 is 29.0 Å². The van der Waals surface area contributed by atoms with Crippen LogP contribution in [0.25, 0.3) is 27.6 Å². The zero-order valence-electron chi connectivity index (χ0n) is 32.2. The first-order valence-electron chi connectivity index (χ1n) is 18.9. The Balaban J connectivity index is 0.000000312. The smallest absolute Gasteiger partial charge is 0.694 e. The summed E-state index contributed by atoms with van der Waals surface area (Å²) in [5, 5.41) is 5.82. The predicted octanol–water partition coefficient (Wildman–Crippen LogP) is 12.0. The molecule has 0 unspecified atom stereocenters. The summed E-state index contributed by atoms with van der Waals surface area (Å²) in [6.07, 6.45) is 15.1. The van der Waals surface area contributed by atoms with E-state index in [1.807, 2.05) is 49.5 Å². The molecule has 0 atom stereocenters. The van der Waals surface area contributed by atoms with Crippen molar-refractivity contribution < 1.29 is 42.9 Å². The normalized spacial score (nSPS) is 15.1. The molecule has 2 saturated carbocycles. The molecule has 0 radical (unpaired) electrons. The van der Waals surface area contributed by atoms with Crippen molar-refractivity contribution in [3.63, 3.8) is 0 Å². The number of hydrogen-bond donors (Lipinski definition) is 1. The number of para-hydroxylation sites is 1. The van der Waals surface area contributed by atoms with Crippen LogP contribution in [0.4, 0.5) is 5.69 Å². The summed E-state index contributed by atoms with van der Waals surface area (Å²) < 4.78 is 38.6. The van der Waals surface area contributed by atoms with Crippen LogP contribution in [0, 0.1) is 6.07 Å². The zero-order chi connectivity index (χ0) is 37.5. The van der Waals surface area contributed by atoms with Crippen LogP contribution < -0.4 is 14.8 Å². The van der Waals surface area contributed by atoms with Gasteiger partial charge in [0.25, 0.3) is 10.1 Å². The molecule has 4 aromatic rings. The summed E-state index contributed by atoms with van der Waals surface area (Å²) in [5.74, 6) is 1.91. The molecule has 0 spiro atoms. The van der Waals surface area contributed by atoms with Crippen LogP contribution in [0.2, 0.25) is 0 Å². The third-order valence-corrected chi connectivity index (χ3v) is 12.8. The molecule has 0 aromatic heterocycles. The van der Waals surface area contributed by atoms with Crippen molar-refractivity contribution in [2.24, 2.45) is 0 Å². The van der Waals surface area contributed by atoms with Crippen LogP contribution in [0.15, 0.2) is 91.0 Å². The Morgan fingerprint density at radius 1 is 0.698 bits per heavy atom. The van der Waals surface area contributed by atoms with E-state index in [1.54, 1.807) is 5.30 Å². The minimum atomic E-state index is -3.67. The van der Waals surface area contributed by atoms with Gasteiger partial charge in [0, 0.05) is 0 Å². The van der Waals surface area contributed by atoms with E-state index >= 15 is 0 Å². The van der Waals surface area contributed by atoms with Gasteiger partial charge in [-0.3, -0.25) is 4.55 Å². The van der Waals surface area contributed by atoms with E-state index in [-0.39, 0.29) is 40.6 Å². The molecule has 6 nitrogen and oxygen atoms in total. The Morgan fingerprint density at radius 3 is 1.64 bits per heavy atom. The van der Waals surface area contributed by atoms with E-state index in [4.69, 9.17) is 14.0 Å². The molecule has 9 heteroatoms. The van der Waals surface area contributed by atoms with Crippen LogP contribution in [-0.4, -0.2) is 49.8 Å². The van der Waals surface area contributed by atoms with Crippen LogP contribution in [0.1, 0.15) is 91.9 Å². The Morgan fingerprint density at radius 2 is 1.17 bits per heavy atom. The number of ether oxygens (including phenoxy) is 2. The van der Waals surface area contributed by atoms with Crippen molar-refractivity contribution in [3.8, 4) is 33.8 Å². The molecule has 2 aliphatic carbocycles. The van der Waals surface area contributed by atoms with E-state index < -0.39 is 10.1 Å². The summed E-state index contributed by atoms with van der Waals surface area (Å²) in [6, 6.07) is 34.8. The second-order valence-corrected chi connectivity index (χ2v) is 18.4. The molecule has 0 bridgehead atoms. The molecule has 0 amide bonds. The van der Waals surface area contributed by atoms with Gasteiger partial charge in [0.2, 0.25) is 0 Å². The fraction of sp³-hybridized carbons (Fsp3) is 0.455. The van der Waals surface area contributed by atoms with Crippen molar-refractivity contribution in [2.45, 2.75) is 115 Å². The molecule has 290 valence electrons. The van der Waals surface area contributed by atoms with E-state index in [0.29, 0.717) is 6.26 Å². The molecule has 6 rings (SSSR count). The summed E-state index contributed by atoms with van der Waals surface area (Å²) in [4.78, 5) is 0. The van der Waals surface area contributed by atoms with Crippen LogP contribution >= 0.6 is 7.92 Å². The number of nitrogens with zero attached hydrogens (tertiary/aromatic N) is 1. The molecule has 0 saturated heterocycles. The average molecular weight is 850 g/mol. The minimum absolute atomic E-state index is 0. The Bertz CT molecular complexity index is 1700. The van der Waals surface area contributed by atoms with Crippen molar-refractivity contribution in [3.05, 3.63) is 102 Å². The number of rotatable bonds is 10. The quantitative estimate of drug-likeness (QED) is 0.0743. The van der Waals surface area contributed by atoms with Gasteiger partial charge in [-0.2, -0.15) is 14.1 Å². The first-order valence-corrected chi connectivity index (χ1v) is 22.2. The molecule has 2 fully saturated rings. The van der Waals surface area contributed by atoms with Gasteiger partial charge in [-0.15, -0.1) is 48.5 Å². The summed E-state index contributed by atoms with van der Waals surface area (Å²) in [5.41, 5.74) is 7.48. The van der Waals surface area contributed by atoms with E-state index in [2.05, 4.69) is 87.6 Å². The van der Waals surface area contributed by atoms with Gasteiger partial charge in [-0.05, 0) is 87.7 Å². The molecule has 53 heavy (non-hydrogen) atoms. The molecule has 0 heterocycles. The third-order valence-electron chi connectivity index (χ3n) is 9.25. The standard InChI is InChI=1S/C30H43O2P.C13H11N.CH4O3S.Pd/c1-22(2)31-27-19-13-20-28(32-23(3)4)30(27)26-18-11-12-21-29(26)33(24-14-7-5-8-15-24)25-16-9-6-10-17-25;1-14-13-10-6-5-9-12(13)11-7-3-2-4-8-11;1-5(2,3)4;/h11-13,18-25H,5-10,14-17H2,1-4H3;2-7,9-10H,1H3;1H3,(H,2,3,4);/q;-2;;+2. The van der Waals surface area contributed by atoms with Gasteiger partial charge in [0.1, 0.15) is 11.5 Å². The van der Waals surface area contributed by atoms with Crippen molar-refractivity contribution in [1.29, 1.82) is 0 Å². The molecular formula is C44H58NO5PPdS. The Kier molecular flexibility index (Phi) is 19.1. The Hall–Kier alpha value is -2.72. The molecule has 2 aliphatic rings. The summed E-state index contributed by atoms with van der Waals surface area (Å²) in [6.45, 7) is 8.45. The fourth-order valence-corrected chi connectivity index (χ4v) is 11.2. The topological polar surface area (TPSA) is 86.9 Å². The van der Waals surface area contributed by atoms with Crippen LogP contribution in [-0.2, 0) is 30.5 Å². The van der Waals surface area contributed by atoms with E-state index in [1.165, 1.54) is 69.8 Å². The predicted molar refractivity (Wildman–Crippen MR) is 221 cm³/mol. The fourth-order valence-electron chi connectivity index (χ4n) is 7.26. The maximum atomic E-state index is 9.19. The van der Waals surface area contributed by atoms with Gasteiger partial charge < -0.3 is 14.8 Å². The molecule has 4 aromatic carbocycles. The van der Waals surface area contributed by atoms with Gasteiger partial charge in [-0.1, -0.05) is 101 Å². The summed E-state index contributed by atoms with van der Waals surface area (Å²) >= 11 is 0. The number of hydrogen-bond acceptors (Lipinski definition) is 4. The second kappa shape index (κ2) is 22.6. The minimum Gasteiger partial charge on any atom is -0.694 e. The van der Waals surface area contributed by atoms with Gasteiger partial charge in [0.15, 0.2) is 0 Å². The first kappa shape index (κ1) is 44.7. The zero-order valence-corrected chi connectivity index (χ0v) is 35.5. The van der Waals surface area contributed by atoms with E-state index in [0.717, 1.165) is 45.2 Å². The van der Waals surface area contributed by atoms with Crippen molar-refractivity contribution in [1.82, 2.24) is 0 Å². The van der Waals surface area contributed by atoms with Crippen LogP contribution in [0.5, 0.6) is 11.5 Å². The molecule has 1 N–H and O–H groups in total. The Labute approximate surface area is 335 Å². The maximum Gasteiger partial charge on any atom is 2.00 e. The van der Waals surface area contributed by atoms with Gasteiger partial charge in [-0.25, -0.2) is 0 Å². The van der Waals surface area contributed by atoms with Gasteiger partial charge in [0.05, 0.1) is 24.0 Å². The molecule has 0 aliphatic heterocycles. The first-order chi connectivity index (χ1) is 25.0.